The van der Waals surface area contributed by atoms with Gasteiger partial charge in [-0.15, -0.1) is 0 Å². The van der Waals surface area contributed by atoms with Crippen LogP contribution in [0.5, 0.6) is 5.75 Å². The fraction of sp³-hybridized carbons (Fsp3) is 0.429. The van der Waals surface area contributed by atoms with E-state index >= 15 is 0 Å². The Hall–Kier alpha value is -2.10. The maximum atomic E-state index is 12.9. The molecule has 0 bridgehead atoms. The molecular formula is C28H37AsN2O2S. The molecular weight excluding hydrogens is 503 g/mol. The summed E-state index contributed by atoms with van der Waals surface area (Å²) >= 11 is 0.531. The van der Waals surface area contributed by atoms with E-state index in [-0.39, 0.29) is 11.8 Å². The molecule has 0 saturated heterocycles. The van der Waals surface area contributed by atoms with Gasteiger partial charge in [0.1, 0.15) is 5.75 Å². The molecule has 3 rings (SSSR count). The van der Waals surface area contributed by atoms with Crippen LogP contribution in [0.25, 0.3) is 11.3 Å². The number of benzene rings is 2. The molecule has 1 atom stereocenters. The first-order valence-corrected chi connectivity index (χ1v) is 16.8. The number of rotatable bonds is 13. The van der Waals surface area contributed by atoms with E-state index in [9.17, 15) is 4.79 Å². The molecule has 0 fully saturated rings. The van der Waals surface area contributed by atoms with Gasteiger partial charge < -0.3 is 4.74 Å². The Morgan fingerprint density at radius 2 is 1.68 bits per heavy atom. The van der Waals surface area contributed by atoms with Crippen LogP contribution in [0, 0.1) is 0 Å². The first-order chi connectivity index (χ1) is 16.6. The van der Waals surface area contributed by atoms with Crippen molar-refractivity contribution in [2.45, 2.75) is 69.2 Å². The number of hydrogen-bond donors (Lipinski definition) is 1. The predicted octanol–water partition coefficient (Wildman–Crippen LogP) is 7.25. The van der Waals surface area contributed by atoms with Crippen molar-refractivity contribution in [2.24, 2.45) is 0 Å². The molecule has 1 unspecified atom stereocenters. The minimum absolute atomic E-state index is 0.0304. The van der Waals surface area contributed by atoms with Gasteiger partial charge >= 0.3 is 172 Å². The summed E-state index contributed by atoms with van der Waals surface area (Å²) < 4.78 is 6.80. The van der Waals surface area contributed by atoms with Crippen LogP contribution < -0.4 is 14.4 Å². The molecule has 1 aromatic heterocycles. The molecule has 0 aliphatic rings. The molecule has 0 spiro atoms. The number of carbonyl (C=O) groups is 1. The Kier molecular flexibility index (Phi) is 10.7. The van der Waals surface area contributed by atoms with Gasteiger partial charge in [-0.05, 0) is 24.3 Å². The molecule has 0 radical (unpaired) electrons. The van der Waals surface area contributed by atoms with Crippen LogP contribution >= 0.6 is 11.3 Å². The Bertz CT molecular complexity index is 1010. The zero-order valence-electron chi connectivity index (χ0n) is 20.8. The van der Waals surface area contributed by atoms with Gasteiger partial charge in [0, 0.05) is 0 Å². The van der Waals surface area contributed by atoms with Gasteiger partial charge in [0.25, 0.3) is 0 Å². The van der Waals surface area contributed by atoms with Crippen molar-refractivity contribution in [3.63, 3.8) is 0 Å². The van der Waals surface area contributed by atoms with Gasteiger partial charge in [-0.3, -0.25) is 0 Å². The molecule has 4 nitrogen and oxygen atoms in total. The van der Waals surface area contributed by atoms with Crippen molar-refractivity contribution in [3.8, 4) is 17.0 Å². The van der Waals surface area contributed by atoms with Crippen molar-refractivity contribution in [1.29, 1.82) is 0 Å². The van der Waals surface area contributed by atoms with Gasteiger partial charge in [0.05, 0.1) is 7.11 Å². The van der Waals surface area contributed by atoms with E-state index in [1.807, 2.05) is 29.6 Å². The second kappa shape index (κ2) is 13.7. The van der Waals surface area contributed by atoms with Crippen molar-refractivity contribution in [1.82, 2.24) is 4.98 Å². The Morgan fingerprint density at radius 3 is 2.26 bits per heavy atom. The first-order valence-electron chi connectivity index (χ1n) is 12.3. The van der Waals surface area contributed by atoms with Crippen molar-refractivity contribution < 1.29 is 9.53 Å². The zero-order valence-corrected chi connectivity index (χ0v) is 23.5. The number of carbonyl (C=O) groups excluding carboxylic acids is 1. The van der Waals surface area contributed by atoms with Gasteiger partial charge in [-0.25, -0.2) is 0 Å². The second-order valence-electron chi connectivity index (χ2n) is 8.58. The molecule has 6 heteroatoms. The number of thiazole rings is 1. The zero-order chi connectivity index (χ0) is 24.3. The third-order valence-corrected chi connectivity index (χ3v) is 13.0. The second-order valence-corrected chi connectivity index (χ2v) is 14.7. The number of ether oxygens (including phenoxy) is 1. The van der Waals surface area contributed by atoms with E-state index < -0.39 is 14.7 Å². The topological polar surface area (TPSA) is 51.2 Å². The standard InChI is InChI=1S/C28H37AsN2O2S/c1-5-8-23(21-9-13-24(14-10-21)29(17-6-2)18-7-3)19-27(32)31-28-30-26(20-34-28)22-11-15-25(33-4)16-12-22/h9-16,20,23H,5-8,17-19H2,1-4H3,(H,30,31,32). The fourth-order valence-electron chi connectivity index (χ4n) is 4.22. The van der Waals surface area contributed by atoms with E-state index in [2.05, 4.69) is 55.3 Å². The van der Waals surface area contributed by atoms with Crippen LogP contribution in [0.15, 0.2) is 53.9 Å². The third kappa shape index (κ3) is 7.45. The summed E-state index contributed by atoms with van der Waals surface area (Å²) in [6.45, 7) is 6.78. The van der Waals surface area contributed by atoms with Crippen LogP contribution in [-0.4, -0.2) is 32.7 Å². The summed E-state index contributed by atoms with van der Waals surface area (Å²) in [6, 6.07) is 17.1. The fourth-order valence-corrected chi connectivity index (χ4v) is 9.97. The summed E-state index contributed by atoms with van der Waals surface area (Å²) in [4.78, 5) is 17.5. The molecule has 0 aliphatic heterocycles. The number of nitrogens with zero attached hydrogens (tertiary/aromatic N) is 1. The average molecular weight is 541 g/mol. The molecule has 34 heavy (non-hydrogen) atoms. The van der Waals surface area contributed by atoms with Crippen LogP contribution in [0.1, 0.15) is 64.4 Å². The molecule has 0 saturated carbocycles. The Labute approximate surface area is 213 Å². The SMILES string of the molecule is CCCC(CC(=O)Nc1nc(-c2ccc(OC)cc2)cs1)c1ccc([As](CCC)CCC)cc1. The maximum absolute atomic E-state index is 12.9. The summed E-state index contributed by atoms with van der Waals surface area (Å²) in [5.41, 5.74) is 3.15. The van der Waals surface area contributed by atoms with Crippen LogP contribution in [0.2, 0.25) is 10.4 Å². The average Bonchev–Trinajstić information content (AvgIpc) is 3.32. The first kappa shape index (κ1) is 26.5. The molecule has 3 aromatic rings. The number of hydrogen-bond acceptors (Lipinski definition) is 4. The van der Waals surface area contributed by atoms with Gasteiger partial charge in [0.15, 0.2) is 0 Å². The quantitative estimate of drug-likeness (QED) is 0.232. The molecule has 2 aromatic carbocycles. The van der Waals surface area contributed by atoms with Gasteiger partial charge in [0.2, 0.25) is 0 Å². The summed E-state index contributed by atoms with van der Waals surface area (Å²) in [5.74, 6) is 1.08. The van der Waals surface area contributed by atoms with Crippen LogP contribution in [0.4, 0.5) is 5.13 Å². The summed E-state index contributed by atoms with van der Waals surface area (Å²) in [5, 5.41) is 8.42. The molecule has 1 amide bonds. The molecule has 1 N–H and O–H groups in total. The van der Waals surface area contributed by atoms with Crippen molar-refractivity contribution in [3.05, 3.63) is 59.5 Å². The van der Waals surface area contributed by atoms with E-state index in [1.54, 1.807) is 11.5 Å². The normalized spacial score (nSPS) is 12.0. The Balaban J connectivity index is 1.64. The van der Waals surface area contributed by atoms with E-state index in [0.29, 0.717) is 11.6 Å². The molecule has 0 aliphatic carbocycles. The van der Waals surface area contributed by atoms with Crippen molar-refractivity contribution in [2.75, 3.05) is 12.4 Å². The van der Waals surface area contributed by atoms with Gasteiger partial charge in [-0.2, -0.15) is 0 Å². The van der Waals surface area contributed by atoms with Crippen LogP contribution in [0.3, 0.4) is 0 Å². The van der Waals surface area contributed by atoms with E-state index in [0.717, 1.165) is 29.8 Å². The third-order valence-electron chi connectivity index (χ3n) is 5.92. The summed E-state index contributed by atoms with van der Waals surface area (Å²) in [6.07, 6.45) is 5.10. The van der Waals surface area contributed by atoms with E-state index in [4.69, 9.17) is 4.74 Å². The number of methoxy groups -OCH3 is 1. The van der Waals surface area contributed by atoms with Crippen molar-refractivity contribution >= 4 is 41.4 Å². The number of aromatic nitrogens is 1. The number of amides is 1. The van der Waals surface area contributed by atoms with Crippen LogP contribution in [-0.2, 0) is 4.79 Å². The molecule has 1 heterocycles. The predicted molar refractivity (Wildman–Crippen MR) is 147 cm³/mol. The summed E-state index contributed by atoms with van der Waals surface area (Å²) in [7, 11) is 1.66. The van der Waals surface area contributed by atoms with E-state index in [1.165, 1.54) is 40.2 Å². The minimum atomic E-state index is -0.933. The monoisotopic (exact) mass is 540 g/mol. The number of nitrogens with one attached hydrogen (secondary N) is 1. The molecule has 182 valence electrons. The van der Waals surface area contributed by atoms with Gasteiger partial charge in [-0.1, -0.05) is 0 Å². The Morgan fingerprint density at radius 1 is 1.00 bits per heavy atom. The number of anilines is 1.